The molecule has 0 aliphatic heterocycles. The molecule has 0 unspecified atom stereocenters. The Balaban J connectivity index is 3.10. The van der Waals surface area contributed by atoms with Crippen molar-refractivity contribution in [3.8, 4) is 0 Å². The zero-order chi connectivity index (χ0) is 16.3. The molecule has 0 heterocycles. The number of halogens is 1. The molecule has 0 aliphatic carbocycles. The predicted octanol–water partition coefficient (Wildman–Crippen LogP) is 8.37. The first kappa shape index (κ1) is 22.0. The van der Waals surface area contributed by atoms with E-state index in [0.717, 1.165) is 0 Å². The first-order chi connectivity index (χ1) is 10.8. The molecule has 0 saturated carbocycles. The van der Waals surface area contributed by atoms with Crippen LogP contribution in [0.15, 0.2) is 23.8 Å². The van der Waals surface area contributed by atoms with Gasteiger partial charge in [0.25, 0.3) is 0 Å². The molecule has 0 nitrogen and oxygen atoms in total. The Morgan fingerprint density at radius 2 is 1.00 bits per heavy atom. The lowest BCUT2D eigenvalue weighted by Gasteiger charge is -2.00. The van der Waals surface area contributed by atoms with E-state index in [1.165, 1.54) is 101 Å². The van der Waals surface area contributed by atoms with E-state index >= 15 is 0 Å². The summed E-state index contributed by atoms with van der Waals surface area (Å²) in [6.07, 6.45) is 26.4. The van der Waals surface area contributed by atoms with Gasteiger partial charge in [0.15, 0.2) is 0 Å². The van der Waals surface area contributed by atoms with Gasteiger partial charge in [0.05, 0.1) is 0 Å². The van der Waals surface area contributed by atoms with Crippen LogP contribution in [0.25, 0.3) is 0 Å². The maximum atomic E-state index is 3.49. The monoisotopic (exact) mass is 370 g/mol. The highest BCUT2D eigenvalue weighted by Gasteiger charge is 1.91. The van der Waals surface area contributed by atoms with Crippen molar-refractivity contribution in [1.82, 2.24) is 0 Å². The fourth-order valence-electron chi connectivity index (χ4n) is 2.63. The normalized spacial score (nSPS) is 11.2. The number of alkyl halides is 1. The number of hydrogen-bond donors (Lipinski definition) is 0. The van der Waals surface area contributed by atoms with Crippen molar-refractivity contribution >= 4 is 15.9 Å². The molecule has 0 rings (SSSR count). The fourth-order valence-corrected chi connectivity index (χ4v) is 3.02. The minimum absolute atomic E-state index is 1.17. The molecular formula is C21H39Br. The Kier molecular flexibility index (Phi) is 19.0. The van der Waals surface area contributed by atoms with E-state index < -0.39 is 0 Å². The van der Waals surface area contributed by atoms with Gasteiger partial charge in [0.1, 0.15) is 0 Å². The lowest BCUT2D eigenvalue weighted by Crippen LogP contribution is -1.80. The molecule has 0 spiro atoms. The van der Waals surface area contributed by atoms with Crippen molar-refractivity contribution in [2.24, 2.45) is 0 Å². The van der Waals surface area contributed by atoms with Crippen LogP contribution in [0.2, 0.25) is 0 Å². The predicted molar refractivity (Wildman–Crippen MR) is 107 cm³/mol. The van der Waals surface area contributed by atoms with Crippen LogP contribution in [0.1, 0.15) is 104 Å². The minimum Gasteiger partial charge on any atom is -0.0928 e. The van der Waals surface area contributed by atoms with Gasteiger partial charge in [-0.2, -0.15) is 0 Å². The average molecular weight is 371 g/mol. The van der Waals surface area contributed by atoms with Crippen molar-refractivity contribution in [3.63, 3.8) is 0 Å². The molecular weight excluding hydrogens is 332 g/mol. The first-order valence-electron chi connectivity index (χ1n) is 9.61. The summed E-state index contributed by atoms with van der Waals surface area (Å²) in [6, 6.07) is 0. The van der Waals surface area contributed by atoms with E-state index in [0.29, 0.717) is 0 Å². The molecule has 0 saturated heterocycles. The van der Waals surface area contributed by atoms with Gasteiger partial charge >= 0.3 is 0 Å². The third kappa shape index (κ3) is 20.0. The van der Waals surface area contributed by atoms with Crippen LogP contribution in [0.4, 0.5) is 0 Å². The average Bonchev–Trinajstić information content (AvgIpc) is 2.50. The highest BCUT2D eigenvalue weighted by atomic mass is 79.9. The van der Waals surface area contributed by atoms with Gasteiger partial charge in [0.2, 0.25) is 0 Å². The van der Waals surface area contributed by atoms with Crippen LogP contribution in [-0.2, 0) is 0 Å². The van der Waals surface area contributed by atoms with Gasteiger partial charge in [0, 0.05) is 5.33 Å². The van der Waals surface area contributed by atoms with E-state index in [4.69, 9.17) is 0 Å². The van der Waals surface area contributed by atoms with Crippen molar-refractivity contribution in [2.75, 3.05) is 5.33 Å². The van der Waals surface area contributed by atoms with Gasteiger partial charge in [-0.05, 0) is 58.8 Å². The molecule has 0 aromatic carbocycles. The minimum atomic E-state index is 1.17. The van der Waals surface area contributed by atoms with Crippen LogP contribution in [0, 0.1) is 0 Å². The van der Waals surface area contributed by atoms with Crippen LogP contribution < -0.4 is 0 Å². The second-order valence-corrected chi connectivity index (χ2v) is 7.49. The summed E-state index contributed by atoms with van der Waals surface area (Å²) in [7, 11) is 0. The summed E-state index contributed by atoms with van der Waals surface area (Å²) in [5, 5.41) is 1.17. The van der Waals surface area contributed by atoms with Crippen molar-refractivity contribution in [3.05, 3.63) is 23.8 Å². The summed E-state index contributed by atoms with van der Waals surface area (Å²) >= 11 is 3.49. The number of rotatable bonds is 16. The van der Waals surface area contributed by atoms with Gasteiger partial charge < -0.3 is 0 Å². The quantitative estimate of drug-likeness (QED) is 0.145. The molecule has 22 heavy (non-hydrogen) atoms. The molecule has 0 fully saturated rings. The summed E-state index contributed by atoms with van der Waals surface area (Å²) in [5.41, 5.74) is 1.46. The smallest absolute Gasteiger partial charge is 0.00313 e. The van der Waals surface area contributed by atoms with E-state index in [1.54, 1.807) is 0 Å². The second kappa shape index (κ2) is 19.0. The Labute approximate surface area is 149 Å². The van der Waals surface area contributed by atoms with Gasteiger partial charge in [-0.1, -0.05) is 84.7 Å². The molecule has 0 aromatic heterocycles. The first-order valence-corrected chi connectivity index (χ1v) is 10.7. The number of allylic oxidation sites excluding steroid dienone is 4. The SMILES string of the molecule is CC(C)=CCCCCCCCC/C=C/CCCCCCCBr. The Morgan fingerprint density at radius 3 is 1.45 bits per heavy atom. The number of unbranched alkanes of at least 4 members (excludes halogenated alkanes) is 12. The largest absolute Gasteiger partial charge is 0.0928 e. The Hall–Kier alpha value is -0.0400. The van der Waals surface area contributed by atoms with Crippen molar-refractivity contribution < 1.29 is 0 Å². The van der Waals surface area contributed by atoms with Gasteiger partial charge in [-0.15, -0.1) is 0 Å². The van der Waals surface area contributed by atoms with E-state index in [9.17, 15) is 0 Å². The molecule has 0 bridgehead atoms. The molecule has 0 atom stereocenters. The van der Waals surface area contributed by atoms with Crippen molar-refractivity contribution in [1.29, 1.82) is 0 Å². The Morgan fingerprint density at radius 1 is 0.591 bits per heavy atom. The highest BCUT2D eigenvalue weighted by molar-refractivity contribution is 9.09. The standard InChI is InChI=1S/C21H39Br/c1-21(2)19-17-15-13-11-9-7-5-3-4-6-8-10-12-14-16-18-20-22/h4,6,19H,3,5,7-18,20H2,1-2H3/b6-4+. The van der Waals surface area contributed by atoms with Crippen LogP contribution in [-0.4, -0.2) is 5.33 Å². The molecule has 130 valence electrons. The third-order valence-electron chi connectivity index (χ3n) is 4.05. The summed E-state index contributed by atoms with van der Waals surface area (Å²) < 4.78 is 0. The molecule has 0 amide bonds. The third-order valence-corrected chi connectivity index (χ3v) is 4.61. The summed E-state index contributed by atoms with van der Waals surface area (Å²) in [6.45, 7) is 4.39. The molecule has 0 N–H and O–H groups in total. The van der Waals surface area contributed by atoms with E-state index in [2.05, 4.69) is 48.0 Å². The van der Waals surface area contributed by atoms with Crippen LogP contribution in [0.3, 0.4) is 0 Å². The molecule has 1 heteroatoms. The molecule has 0 aliphatic rings. The second-order valence-electron chi connectivity index (χ2n) is 6.70. The zero-order valence-electron chi connectivity index (χ0n) is 15.2. The van der Waals surface area contributed by atoms with Gasteiger partial charge in [-0.3, -0.25) is 0 Å². The maximum absolute atomic E-state index is 3.49. The van der Waals surface area contributed by atoms with Crippen molar-refractivity contribution in [2.45, 2.75) is 104 Å². The summed E-state index contributed by atoms with van der Waals surface area (Å²) in [4.78, 5) is 0. The van der Waals surface area contributed by atoms with Crippen LogP contribution in [0.5, 0.6) is 0 Å². The lowest BCUT2D eigenvalue weighted by atomic mass is 10.1. The topological polar surface area (TPSA) is 0 Å². The number of hydrogen-bond acceptors (Lipinski definition) is 0. The molecule has 0 radical (unpaired) electrons. The van der Waals surface area contributed by atoms with Crippen LogP contribution >= 0.6 is 15.9 Å². The molecule has 0 aromatic rings. The highest BCUT2D eigenvalue weighted by Crippen LogP contribution is 2.11. The van der Waals surface area contributed by atoms with E-state index in [1.807, 2.05) is 0 Å². The van der Waals surface area contributed by atoms with Gasteiger partial charge in [-0.25, -0.2) is 0 Å². The Bertz CT molecular complexity index is 261. The maximum Gasteiger partial charge on any atom is 0.00313 e. The zero-order valence-corrected chi connectivity index (χ0v) is 16.8. The van der Waals surface area contributed by atoms with E-state index in [-0.39, 0.29) is 0 Å². The lowest BCUT2D eigenvalue weighted by molar-refractivity contribution is 0.599. The fraction of sp³-hybridized carbons (Fsp3) is 0.810. The summed E-state index contributed by atoms with van der Waals surface area (Å²) in [5.74, 6) is 0.